The van der Waals surface area contributed by atoms with Crippen molar-refractivity contribution in [3.8, 4) is 0 Å². The molecule has 1 heterocycles. The molecule has 1 aliphatic heterocycles. The normalized spacial score (nSPS) is 22.8. The summed E-state index contributed by atoms with van der Waals surface area (Å²) >= 11 is 0. The minimum Gasteiger partial charge on any atom is -0.328 e. The average Bonchev–Trinajstić information content (AvgIpc) is 2.60. The van der Waals surface area contributed by atoms with Crippen molar-refractivity contribution < 1.29 is 4.39 Å². The van der Waals surface area contributed by atoms with Gasteiger partial charge in [-0.15, -0.1) is 0 Å². The summed E-state index contributed by atoms with van der Waals surface area (Å²) in [5, 5.41) is 3.12. The fourth-order valence-corrected chi connectivity index (χ4v) is 1.79. The second kappa shape index (κ2) is 3.44. The minimum atomic E-state index is -0.983. The lowest BCUT2D eigenvalue weighted by atomic mass is 10.0. The van der Waals surface area contributed by atoms with Crippen LogP contribution in [0.3, 0.4) is 0 Å². The van der Waals surface area contributed by atoms with Crippen molar-refractivity contribution in [2.45, 2.75) is 18.8 Å². The maximum atomic E-state index is 13.3. The lowest BCUT2D eigenvalue weighted by Gasteiger charge is -2.15. The average molecular weight is 180 g/mol. The minimum absolute atomic E-state index is 0.0754. The first-order valence-corrected chi connectivity index (χ1v) is 4.48. The standard InChI is InChI=1S/C10H13FN2/c11-9(5-12)10-8-4-2-1-3-7(8)6-13-10/h1-4,9-10,13H,5-6,12H2. The van der Waals surface area contributed by atoms with E-state index < -0.39 is 6.17 Å². The molecule has 2 atom stereocenters. The molecule has 0 radical (unpaired) electrons. The third-order valence-electron chi connectivity index (χ3n) is 2.49. The lowest BCUT2D eigenvalue weighted by Crippen LogP contribution is -2.29. The van der Waals surface area contributed by atoms with Crippen molar-refractivity contribution >= 4 is 0 Å². The Morgan fingerprint density at radius 2 is 2.31 bits per heavy atom. The highest BCUT2D eigenvalue weighted by atomic mass is 19.1. The van der Waals surface area contributed by atoms with E-state index in [1.54, 1.807) is 0 Å². The van der Waals surface area contributed by atoms with Crippen molar-refractivity contribution in [1.82, 2.24) is 5.32 Å². The first-order chi connectivity index (χ1) is 6.33. The second-order valence-corrected chi connectivity index (χ2v) is 3.31. The summed E-state index contributed by atoms with van der Waals surface area (Å²) in [6.07, 6.45) is -0.983. The summed E-state index contributed by atoms with van der Waals surface area (Å²) < 4.78 is 13.3. The number of fused-ring (bicyclic) bond motifs is 1. The van der Waals surface area contributed by atoms with Crippen molar-refractivity contribution in [1.29, 1.82) is 0 Å². The Kier molecular flexibility index (Phi) is 2.29. The summed E-state index contributed by atoms with van der Waals surface area (Å²) in [5.74, 6) is 0. The molecule has 1 aromatic carbocycles. The van der Waals surface area contributed by atoms with E-state index >= 15 is 0 Å². The molecule has 2 nitrogen and oxygen atoms in total. The molecule has 3 N–H and O–H groups in total. The Morgan fingerprint density at radius 3 is 3.08 bits per heavy atom. The number of hydrogen-bond acceptors (Lipinski definition) is 2. The van der Waals surface area contributed by atoms with E-state index in [1.165, 1.54) is 5.56 Å². The van der Waals surface area contributed by atoms with Crippen molar-refractivity contribution in [2.75, 3.05) is 6.54 Å². The number of rotatable bonds is 2. The quantitative estimate of drug-likeness (QED) is 0.716. The molecule has 1 aromatic rings. The molecule has 0 bridgehead atoms. The number of hydrogen-bond donors (Lipinski definition) is 2. The molecule has 1 aliphatic rings. The van der Waals surface area contributed by atoms with Crippen LogP contribution < -0.4 is 11.1 Å². The molecule has 0 amide bonds. The molecule has 0 aliphatic carbocycles. The number of alkyl halides is 1. The smallest absolute Gasteiger partial charge is 0.132 e. The van der Waals surface area contributed by atoms with Gasteiger partial charge in [-0.1, -0.05) is 24.3 Å². The number of halogens is 1. The topological polar surface area (TPSA) is 38.0 Å². The van der Waals surface area contributed by atoms with Gasteiger partial charge in [0.2, 0.25) is 0 Å². The van der Waals surface area contributed by atoms with Crippen LogP contribution in [0.1, 0.15) is 17.2 Å². The fraction of sp³-hybridized carbons (Fsp3) is 0.400. The zero-order valence-corrected chi connectivity index (χ0v) is 7.33. The second-order valence-electron chi connectivity index (χ2n) is 3.31. The maximum absolute atomic E-state index is 13.3. The summed E-state index contributed by atoms with van der Waals surface area (Å²) in [5.41, 5.74) is 7.53. The van der Waals surface area contributed by atoms with Gasteiger partial charge < -0.3 is 11.1 Å². The van der Waals surface area contributed by atoms with Crippen molar-refractivity contribution in [2.24, 2.45) is 5.73 Å². The fourth-order valence-electron chi connectivity index (χ4n) is 1.79. The van der Waals surface area contributed by atoms with E-state index in [0.29, 0.717) is 0 Å². The van der Waals surface area contributed by atoms with Crippen LogP contribution in [0.2, 0.25) is 0 Å². The molecule has 0 saturated carbocycles. The van der Waals surface area contributed by atoms with Crippen LogP contribution >= 0.6 is 0 Å². The number of nitrogens with one attached hydrogen (secondary N) is 1. The highest BCUT2D eigenvalue weighted by Crippen LogP contribution is 2.28. The molecular weight excluding hydrogens is 167 g/mol. The molecule has 13 heavy (non-hydrogen) atoms. The third-order valence-corrected chi connectivity index (χ3v) is 2.49. The molecule has 3 heteroatoms. The lowest BCUT2D eigenvalue weighted by molar-refractivity contribution is 0.268. The van der Waals surface area contributed by atoms with Crippen LogP contribution in [0.25, 0.3) is 0 Å². The monoisotopic (exact) mass is 180 g/mol. The highest BCUT2D eigenvalue weighted by molar-refractivity contribution is 5.34. The SMILES string of the molecule is NCC(F)C1NCc2ccccc21. The van der Waals surface area contributed by atoms with Crippen LogP contribution in [0, 0.1) is 0 Å². The zero-order chi connectivity index (χ0) is 9.26. The Bertz CT molecular complexity index is 301. The van der Waals surface area contributed by atoms with Gasteiger partial charge in [-0.2, -0.15) is 0 Å². The first-order valence-electron chi connectivity index (χ1n) is 4.48. The highest BCUT2D eigenvalue weighted by Gasteiger charge is 2.27. The Balaban J connectivity index is 2.28. The van der Waals surface area contributed by atoms with Gasteiger partial charge in [0.1, 0.15) is 6.17 Å². The van der Waals surface area contributed by atoms with Gasteiger partial charge in [0.15, 0.2) is 0 Å². The molecule has 0 fully saturated rings. The predicted molar refractivity (Wildman–Crippen MR) is 50.0 cm³/mol. The van der Waals surface area contributed by atoms with Crippen LogP contribution in [0.15, 0.2) is 24.3 Å². The molecule has 0 saturated heterocycles. The number of benzene rings is 1. The molecule has 2 rings (SSSR count). The Labute approximate surface area is 76.9 Å². The van der Waals surface area contributed by atoms with Crippen LogP contribution in [-0.4, -0.2) is 12.7 Å². The Hall–Kier alpha value is -0.930. The van der Waals surface area contributed by atoms with E-state index in [0.717, 1.165) is 12.1 Å². The van der Waals surface area contributed by atoms with E-state index in [9.17, 15) is 4.39 Å². The van der Waals surface area contributed by atoms with Gasteiger partial charge in [0.05, 0.1) is 6.04 Å². The number of nitrogens with two attached hydrogens (primary N) is 1. The Morgan fingerprint density at radius 1 is 1.54 bits per heavy atom. The summed E-state index contributed by atoms with van der Waals surface area (Å²) in [6, 6.07) is 7.68. The van der Waals surface area contributed by atoms with Gasteiger partial charge in [-0.3, -0.25) is 0 Å². The van der Waals surface area contributed by atoms with Gasteiger partial charge in [0, 0.05) is 13.1 Å². The summed E-state index contributed by atoms with van der Waals surface area (Å²) in [7, 11) is 0. The zero-order valence-electron chi connectivity index (χ0n) is 7.33. The van der Waals surface area contributed by atoms with E-state index in [1.807, 2.05) is 24.3 Å². The van der Waals surface area contributed by atoms with Gasteiger partial charge in [-0.05, 0) is 11.1 Å². The molecule has 0 aromatic heterocycles. The molecule has 0 spiro atoms. The predicted octanol–water partition coefficient (Wildman–Crippen LogP) is 1.13. The summed E-state index contributed by atoms with van der Waals surface area (Å²) in [4.78, 5) is 0. The van der Waals surface area contributed by atoms with Crippen LogP contribution in [-0.2, 0) is 6.54 Å². The summed E-state index contributed by atoms with van der Waals surface area (Å²) in [6.45, 7) is 0.827. The van der Waals surface area contributed by atoms with E-state index in [2.05, 4.69) is 5.32 Å². The van der Waals surface area contributed by atoms with Gasteiger partial charge in [0.25, 0.3) is 0 Å². The molecular formula is C10H13FN2. The van der Waals surface area contributed by atoms with Crippen LogP contribution in [0.5, 0.6) is 0 Å². The van der Waals surface area contributed by atoms with Crippen molar-refractivity contribution in [3.05, 3.63) is 35.4 Å². The van der Waals surface area contributed by atoms with E-state index in [4.69, 9.17) is 5.73 Å². The molecule has 2 unspecified atom stereocenters. The third kappa shape index (κ3) is 1.45. The first kappa shape index (κ1) is 8.66. The van der Waals surface area contributed by atoms with E-state index in [-0.39, 0.29) is 12.6 Å². The van der Waals surface area contributed by atoms with Gasteiger partial charge in [-0.25, -0.2) is 4.39 Å². The maximum Gasteiger partial charge on any atom is 0.132 e. The van der Waals surface area contributed by atoms with Gasteiger partial charge >= 0.3 is 0 Å². The molecule has 70 valence electrons. The van der Waals surface area contributed by atoms with Crippen molar-refractivity contribution in [3.63, 3.8) is 0 Å². The largest absolute Gasteiger partial charge is 0.328 e. The van der Waals surface area contributed by atoms with Crippen LogP contribution in [0.4, 0.5) is 4.39 Å².